The molecule has 0 radical (unpaired) electrons. The number of amidine groups is 1. The van der Waals surface area contributed by atoms with E-state index < -0.39 is 34.6 Å². The number of carbonyl (C=O) groups excluding carboxylic acids is 2. The first kappa shape index (κ1) is 26.9. The molecule has 1 aliphatic carbocycles. The van der Waals surface area contributed by atoms with Crippen LogP contribution in [-0.2, 0) is 14.3 Å². The lowest BCUT2D eigenvalue weighted by molar-refractivity contribution is -0.136. The standard InChI is InChI=1S/C26H23ClF2N4O5S/c1-36-25(34)16-11-38-23(31-16)13-5-3-12(4-6-13)20-17(26(35)37-2)21(14-7-8-15(28)19(29)18(14)27)33-22(32-20)24-30-9-10-39-24/h7-13,21H,3-6H2,1-2H3,(H,32,33)/t12-,13+,21?. The number of thiazole rings is 1. The minimum Gasteiger partial charge on any atom is -0.466 e. The molecule has 1 fully saturated rings. The van der Waals surface area contributed by atoms with Crippen molar-refractivity contribution in [2.45, 2.75) is 37.6 Å². The zero-order valence-electron chi connectivity index (χ0n) is 20.9. The number of esters is 2. The molecule has 3 aromatic rings. The molecule has 1 N–H and O–H groups in total. The molecule has 39 heavy (non-hydrogen) atoms. The molecule has 204 valence electrons. The molecule has 13 heteroatoms. The summed E-state index contributed by atoms with van der Waals surface area (Å²) in [7, 11) is 2.52. The largest absolute Gasteiger partial charge is 0.466 e. The first-order valence-corrected chi connectivity index (χ1v) is 13.3. The molecule has 5 rings (SSSR count). The molecule has 1 aromatic carbocycles. The van der Waals surface area contributed by atoms with Crippen LogP contribution < -0.4 is 5.32 Å². The highest BCUT2D eigenvalue weighted by Gasteiger charge is 2.39. The maximum absolute atomic E-state index is 14.5. The Morgan fingerprint density at radius 3 is 2.49 bits per heavy atom. The molecule has 2 aromatic heterocycles. The average Bonchev–Trinajstić information content (AvgIpc) is 3.68. The fourth-order valence-corrected chi connectivity index (χ4v) is 5.79. The number of hydrogen-bond donors (Lipinski definition) is 1. The molecule has 0 bridgehead atoms. The summed E-state index contributed by atoms with van der Waals surface area (Å²) in [6, 6.07) is 1.22. The quantitative estimate of drug-likeness (QED) is 0.309. The van der Waals surface area contributed by atoms with Crippen molar-refractivity contribution in [2.24, 2.45) is 10.9 Å². The summed E-state index contributed by atoms with van der Waals surface area (Å²) in [6.45, 7) is 0. The van der Waals surface area contributed by atoms with E-state index in [0.29, 0.717) is 48.1 Å². The van der Waals surface area contributed by atoms with Crippen molar-refractivity contribution in [1.82, 2.24) is 15.3 Å². The topological polar surface area (TPSA) is 116 Å². The molecule has 0 spiro atoms. The van der Waals surface area contributed by atoms with Gasteiger partial charge in [0.25, 0.3) is 0 Å². The number of nitrogens with zero attached hydrogens (tertiary/aromatic N) is 3. The Hall–Kier alpha value is -3.64. The van der Waals surface area contributed by atoms with Crippen LogP contribution in [0.5, 0.6) is 0 Å². The zero-order chi connectivity index (χ0) is 27.7. The second-order valence-corrected chi connectivity index (χ2v) is 10.3. The van der Waals surface area contributed by atoms with Crippen LogP contribution >= 0.6 is 22.9 Å². The van der Waals surface area contributed by atoms with Gasteiger partial charge >= 0.3 is 11.9 Å². The normalized spacial score (nSPS) is 21.3. The molecule has 1 aliphatic heterocycles. The van der Waals surface area contributed by atoms with Gasteiger partial charge in [-0.3, -0.25) is 4.99 Å². The van der Waals surface area contributed by atoms with Gasteiger partial charge in [0.1, 0.15) is 12.3 Å². The minimum atomic E-state index is -1.22. The van der Waals surface area contributed by atoms with Crippen molar-refractivity contribution >= 4 is 40.7 Å². The smallest absolute Gasteiger partial charge is 0.360 e. The number of methoxy groups -OCH3 is 2. The number of aromatic nitrogens is 2. The van der Waals surface area contributed by atoms with E-state index >= 15 is 0 Å². The van der Waals surface area contributed by atoms with Crippen LogP contribution in [0, 0.1) is 17.6 Å². The minimum absolute atomic E-state index is 0.0334. The van der Waals surface area contributed by atoms with Gasteiger partial charge in [-0.05, 0) is 37.7 Å². The van der Waals surface area contributed by atoms with Crippen LogP contribution in [0.2, 0.25) is 5.02 Å². The SMILES string of the molecule is COC(=O)C1=C([C@H]2CC[C@@H](c3nc(C(=O)OC)co3)CC2)NC(c2nccs2)=NC1c1ccc(F)c(F)c1Cl. The maximum Gasteiger partial charge on any atom is 0.360 e. The van der Waals surface area contributed by atoms with Crippen molar-refractivity contribution in [3.05, 3.63) is 80.1 Å². The lowest BCUT2D eigenvalue weighted by atomic mass is 9.78. The Bertz CT molecular complexity index is 1460. The van der Waals surface area contributed by atoms with Gasteiger partial charge in [0.15, 0.2) is 34.1 Å². The fraction of sp³-hybridized carbons (Fsp3) is 0.346. The van der Waals surface area contributed by atoms with Gasteiger partial charge in [-0.25, -0.2) is 28.3 Å². The van der Waals surface area contributed by atoms with E-state index in [1.165, 1.54) is 37.9 Å². The summed E-state index contributed by atoms with van der Waals surface area (Å²) in [6.07, 6.45) is 5.48. The Morgan fingerprint density at radius 1 is 1.10 bits per heavy atom. The van der Waals surface area contributed by atoms with Crippen molar-refractivity contribution in [3.63, 3.8) is 0 Å². The van der Waals surface area contributed by atoms with E-state index in [4.69, 9.17) is 25.5 Å². The van der Waals surface area contributed by atoms with Crippen molar-refractivity contribution in [1.29, 1.82) is 0 Å². The molecule has 2 aliphatic rings. The van der Waals surface area contributed by atoms with Crippen LogP contribution in [0.25, 0.3) is 0 Å². The summed E-state index contributed by atoms with van der Waals surface area (Å²) >= 11 is 7.57. The monoisotopic (exact) mass is 576 g/mol. The Kier molecular flexibility index (Phi) is 7.76. The average molecular weight is 577 g/mol. The Labute approximate surface area is 230 Å². The van der Waals surface area contributed by atoms with E-state index in [1.54, 1.807) is 11.6 Å². The molecular weight excluding hydrogens is 554 g/mol. The fourth-order valence-electron chi connectivity index (χ4n) is 4.95. The summed E-state index contributed by atoms with van der Waals surface area (Å²) in [5.74, 6) is -2.90. The van der Waals surface area contributed by atoms with E-state index in [2.05, 4.69) is 20.3 Å². The highest BCUT2D eigenvalue weighted by Crippen LogP contribution is 2.44. The van der Waals surface area contributed by atoms with E-state index in [9.17, 15) is 18.4 Å². The van der Waals surface area contributed by atoms with Gasteiger partial charge in [-0.15, -0.1) is 11.3 Å². The second-order valence-electron chi connectivity index (χ2n) is 9.04. The number of aliphatic imine (C=N–C) groups is 1. The molecule has 1 unspecified atom stereocenters. The van der Waals surface area contributed by atoms with Gasteiger partial charge in [0.05, 0.1) is 24.8 Å². The van der Waals surface area contributed by atoms with Crippen LogP contribution in [0.3, 0.4) is 0 Å². The highest BCUT2D eigenvalue weighted by molar-refractivity contribution is 7.11. The number of nitrogens with one attached hydrogen (secondary N) is 1. The number of rotatable bonds is 6. The molecule has 1 saturated carbocycles. The third kappa shape index (κ3) is 5.18. The number of halogens is 3. The Balaban J connectivity index is 1.51. The number of benzene rings is 1. The lowest BCUT2D eigenvalue weighted by Crippen LogP contribution is -2.37. The van der Waals surface area contributed by atoms with Gasteiger partial charge in [0.2, 0.25) is 0 Å². The van der Waals surface area contributed by atoms with Crippen LogP contribution in [-0.4, -0.2) is 42.0 Å². The molecule has 1 atom stereocenters. The van der Waals surface area contributed by atoms with Crippen molar-refractivity contribution in [3.8, 4) is 0 Å². The zero-order valence-corrected chi connectivity index (χ0v) is 22.4. The lowest BCUT2D eigenvalue weighted by Gasteiger charge is -2.34. The summed E-state index contributed by atoms with van der Waals surface area (Å²) in [5.41, 5.74) is 0.967. The number of hydrogen-bond acceptors (Lipinski definition) is 10. The van der Waals surface area contributed by atoms with Gasteiger partial charge in [-0.1, -0.05) is 17.7 Å². The molecule has 3 heterocycles. The highest BCUT2D eigenvalue weighted by atomic mass is 35.5. The van der Waals surface area contributed by atoms with E-state index in [0.717, 1.165) is 6.07 Å². The maximum atomic E-state index is 14.5. The molecular formula is C26H23ClF2N4O5S. The predicted molar refractivity (Wildman–Crippen MR) is 137 cm³/mol. The van der Waals surface area contributed by atoms with Gasteiger partial charge in [-0.2, -0.15) is 0 Å². The molecule has 0 amide bonds. The summed E-state index contributed by atoms with van der Waals surface area (Å²) in [4.78, 5) is 38.2. The number of ether oxygens (including phenoxy) is 2. The van der Waals surface area contributed by atoms with E-state index in [1.807, 2.05) is 0 Å². The Morgan fingerprint density at radius 2 is 1.82 bits per heavy atom. The number of allylic oxidation sites excluding steroid dienone is 1. The van der Waals surface area contributed by atoms with Crippen LogP contribution in [0.1, 0.15) is 64.6 Å². The van der Waals surface area contributed by atoms with Gasteiger partial charge in [0, 0.05) is 28.8 Å². The van der Waals surface area contributed by atoms with Crippen molar-refractivity contribution in [2.75, 3.05) is 14.2 Å². The molecule has 0 saturated heterocycles. The summed E-state index contributed by atoms with van der Waals surface area (Å²) < 4.78 is 43.7. The first-order valence-electron chi connectivity index (χ1n) is 12.1. The number of carbonyl (C=O) groups is 2. The van der Waals surface area contributed by atoms with Crippen molar-refractivity contribution < 1.29 is 32.3 Å². The third-order valence-electron chi connectivity index (χ3n) is 6.88. The number of oxazole rings is 1. The summed E-state index contributed by atoms with van der Waals surface area (Å²) in [5, 5.41) is 5.16. The van der Waals surface area contributed by atoms with E-state index in [-0.39, 0.29) is 28.7 Å². The molecule has 9 nitrogen and oxygen atoms in total. The third-order valence-corrected chi connectivity index (χ3v) is 8.04. The first-order chi connectivity index (χ1) is 18.8. The second kappa shape index (κ2) is 11.2. The predicted octanol–water partition coefficient (Wildman–Crippen LogP) is 5.34. The van der Waals surface area contributed by atoms with Gasteiger partial charge < -0.3 is 19.2 Å². The van der Waals surface area contributed by atoms with Crippen LogP contribution in [0.15, 0.2) is 50.7 Å². The van der Waals surface area contributed by atoms with Crippen LogP contribution in [0.4, 0.5) is 8.78 Å².